The molecule has 0 fully saturated rings. The molecule has 3 N–H and O–H groups in total. The van der Waals surface area contributed by atoms with E-state index in [4.69, 9.17) is 5.11 Å². The number of carboxylic acid groups (broad SMARTS) is 1. The summed E-state index contributed by atoms with van der Waals surface area (Å²) < 4.78 is 0. The van der Waals surface area contributed by atoms with Gasteiger partial charge in [-0.2, -0.15) is 0 Å². The first-order chi connectivity index (χ1) is 7.10. The number of nitrogens with one attached hydrogen (secondary N) is 2. The Kier molecular flexibility index (Phi) is 7.34. The third-order valence-corrected chi connectivity index (χ3v) is 2.78. The molecule has 0 aliphatic heterocycles. The van der Waals surface area contributed by atoms with Crippen molar-refractivity contribution in [2.75, 3.05) is 26.2 Å². The summed E-state index contributed by atoms with van der Waals surface area (Å²) >= 11 is 0. The minimum atomic E-state index is -0.715. The molecule has 0 saturated heterocycles. The van der Waals surface area contributed by atoms with Gasteiger partial charge in [-0.3, -0.25) is 4.79 Å². The number of rotatable bonds is 9. The lowest BCUT2D eigenvalue weighted by Gasteiger charge is -2.31. The molecule has 0 unspecified atom stereocenters. The van der Waals surface area contributed by atoms with Crippen molar-refractivity contribution in [1.82, 2.24) is 10.6 Å². The third-order valence-electron chi connectivity index (χ3n) is 2.78. The quantitative estimate of drug-likeness (QED) is 0.539. The molecule has 15 heavy (non-hydrogen) atoms. The molecule has 0 atom stereocenters. The lowest BCUT2D eigenvalue weighted by molar-refractivity contribution is -0.139. The number of hydrogen-bond acceptors (Lipinski definition) is 3. The molecule has 0 bridgehead atoms. The molecular weight excluding hydrogens is 192 g/mol. The molecule has 0 aliphatic rings. The standard InChI is InChI=1S/C11H24N2O2/c1-4-11(7-10(14)15,8-12-5-2)9-13-6-3/h12-13H,4-9H2,1-3H3,(H,14,15). The molecule has 4 heteroatoms. The first kappa shape index (κ1) is 14.4. The zero-order valence-electron chi connectivity index (χ0n) is 10.1. The van der Waals surface area contributed by atoms with Crippen LogP contribution in [-0.2, 0) is 4.79 Å². The van der Waals surface area contributed by atoms with Crippen molar-refractivity contribution in [3.05, 3.63) is 0 Å². The molecule has 0 spiro atoms. The second-order valence-corrected chi connectivity index (χ2v) is 3.98. The van der Waals surface area contributed by atoms with Crippen molar-refractivity contribution in [2.24, 2.45) is 5.41 Å². The van der Waals surface area contributed by atoms with E-state index >= 15 is 0 Å². The van der Waals surface area contributed by atoms with E-state index in [2.05, 4.69) is 17.6 Å². The van der Waals surface area contributed by atoms with Crippen molar-refractivity contribution in [3.63, 3.8) is 0 Å². The van der Waals surface area contributed by atoms with E-state index in [0.29, 0.717) is 0 Å². The van der Waals surface area contributed by atoms with Gasteiger partial charge in [-0.15, -0.1) is 0 Å². The monoisotopic (exact) mass is 216 g/mol. The molecule has 0 rings (SSSR count). The summed E-state index contributed by atoms with van der Waals surface area (Å²) in [6, 6.07) is 0. The highest BCUT2D eigenvalue weighted by Crippen LogP contribution is 2.24. The van der Waals surface area contributed by atoms with Crippen molar-refractivity contribution in [3.8, 4) is 0 Å². The van der Waals surface area contributed by atoms with E-state index in [1.165, 1.54) is 0 Å². The molecule has 0 aromatic rings. The summed E-state index contributed by atoms with van der Waals surface area (Å²) in [5.41, 5.74) is -0.155. The van der Waals surface area contributed by atoms with Gasteiger partial charge in [0.05, 0.1) is 6.42 Å². The van der Waals surface area contributed by atoms with Gasteiger partial charge in [0.25, 0.3) is 0 Å². The summed E-state index contributed by atoms with van der Waals surface area (Å²) in [4.78, 5) is 10.8. The molecule has 90 valence electrons. The van der Waals surface area contributed by atoms with Crippen molar-refractivity contribution in [1.29, 1.82) is 0 Å². The Morgan fingerprint density at radius 2 is 1.60 bits per heavy atom. The zero-order chi connectivity index (χ0) is 11.7. The second-order valence-electron chi connectivity index (χ2n) is 3.98. The summed E-state index contributed by atoms with van der Waals surface area (Å²) in [7, 11) is 0. The van der Waals surface area contributed by atoms with Gasteiger partial charge < -0.3 is 15.7 Å². The number of aliphatic carboxylic acids is 1. The van der Waals surface area contributed by atoms with Crippen LogP contribution in [0.1, 0.15) is 33.6 Å². The van der Waals surface area contributed by atoms with Crippen LogP contribution in [0.3, 0.4) is 0 Å². The molecule has 0 heterocycles. The predicted octanol–water partition coefficient (Wildman–Crippen LogP) is 1.08. The van der Waals surface area contributed by atoms with Crippen LogP contribution < -0.4 is 10.6 Å². The number of carboxylic acids is 1. The van der Waals surface area contributed by atoms with Crippen molar-refractivity contribution in [2.45, 2.75) is 33.6 Å². The van der Waals surface area contributed by atoms with Crippen LogP contribution in [0.25, 0.3) is 0 Å². The normalized spacial score (nSPS) is 11.7. The molecule has 0 amide bonds. The lowest BCUT2D eigenvalue weighted by atomic mass is 9.81. The van der Waals surface area contributed by atoms with Crippen LogP contribution in [0.2, 0.25) is 0 Å². The first-order valence-electron chi connectivity index (χ1n) is 5.73. The first-order valence-corrected chi connectivity index (χ1v) is 5.73. The Hall–Kier alpha value is -0.610. The number of carbonyl (C=O) groups is 1. The van der Waals surface area contributed by atoms with Crippen LogP contribution in [0, 0.1) is 5.41 Å². The fourth-order valence-corrected chi connectivity index (χ4v) is 1.66. The van der Waals surface area contributed by atoms with Crippen molar-refractivity contribution >= 4 is 5.97 Å². The average molecular weight is 216 g/mol. The topological polar surface area (TPSA) is 61.4 Å². The van der Waals surface area contributed by atoms with Crippen LogP contribution in [-0.4, -0.2) is 37.3 Å². The SMILES string of the molecule is CCNCC(CC)(CNCC)CC(=O)O. The molecule has 4 nitrogen and oxygen atoms in total. The van der Waals surface area contributed by atoms with Gasteiger partial charge in [-0.25, -0.2) is 0 Å². The van der Waals surface area contributed by atoms with E-state index < -0.39 is 5.97 Å². The van der Waals surface area contributed by atoms with Crippen LogP contribution >= 0.6 is 0 Å². The second kappa shape index (κ2) is 7.65. The van der Waals surface area contributed by atoms with Gasteiger partial charge in [-0.1, -0.05) is 20.8 Å². The minimum absolute atomic E-state index is 0.155. The van der Waals surface area contributed by atoms with E-state index in [9.17, 15) is 4.79 Å². The van der Waals surface area contributed by atoms with E-state index in [-0.39, 0.29) is 11.8 Å². The number of hydrogen-bond donors (Lipinski definition) is 3. The summed E-state index contributed by atoms with van der Waals surface area (Å²) in [5.74, 6) is -0.715. The van der Waals surface area contributed by atoms with Crippen molar-refractivity contribution < 1.29 is 9.90 Å². The molecule has 0 aromatic heterocycles. The van der Waals surface area contributed by atoms with Crippen LogP contribution in [0.4, 0.5) is 0 Å². The molecule has 0 saturated carbocycles. The maximum atomic E-state index is 10.8. The maximum absolute atomic E-state index is 10.8. The highest BCUT2D eigenvalue weighted by atomic mass is 16.4. The molecule has 0 aromatic carbocycles. The minimum Gasteiger partial charge on any atom is -0.481 e. The van der Waals surface area contributed by atoms with E-state index in [1.54, 1.807) is 0 Å². The summed E-state index contributed by atoms with van der Waals surface area (Å²) in [6.07, 6.45) is 1.10. The highest BCUT2D eigenvalue weighted by molar-refractivity contribution is 5.67. The fraction of sp³-hybridized carbons (Fsp3) is 0.909. The van der Waals surface area contributed by atoms with Gasteiger partial charge in [0.1, 0.15) is 0 Å². The summed E-state index contributed by atoms with van der Waals surface area (Å²) in [5, 5.41) is 15.4. The van der Waals surface area contributed by atoms with Gasteiger partial charge in [0.2, 0.25) is 0 Å². The van der Waals surface area contributed by atoms with Crippen LogP contribution in [0.15, 0.2) is 0 Å². The van der Waals surface area contributed by atoms with Gasteiger partial charge >= 0.3 is 5.97 Å². The lowest BCUT2D eigenvalue weighted by Crippen LogP contribution is -2.43. The summed E-state index contributed by atoms with van der Waals surface area (Å²) in [6.45, 7) is 9.42. The van der Waals surface area contributed by atoms with E-state index in [1.807, 2.05) is 13.8 Å². The predicted molar refractivity (Wildman–Crippen MR) is 62.1 cm³/mol. The molecule has 0 aliphatic carbocycles. The molecular formula is C11H24N2O2. The Labute approximate surface area is 92.4 Å². The van der Waals surface area contributed by atoms with Gasteiger partial charge in [0, 0.05) is 18.5 Å². The Morgan fingerprint density at radius 3 is 1.87 bits per heavy atom. The fourth-order valence-electron chi connectivity index (χ4n) is 1.66. The Balaban J connectivity index is 4.36. The van der Waals surface area contributed by atoms with Gasteiger partial charge in [0.15, 0.2) is 0 Å². The average Bonchev–Trinajstić information content (AvgIpc) is 2.22. The Bertz CT molecular complexity index is 175. The van der Waals surface area contributed by atoms with Gasteiger partial charge in [-0.05, 0) is 19.5 Å². The Morgan fingerprint density at radius 1 is 1.13 bits per heavy atom. The van der Waals surface area contributed by atoms with Crippen LogP contribution in [0.5, 0.6) is 0 Å². The largest absolute Gasteiger partial charge is 0.481 e. The maximum Gasteiger partial charge on any atom is 0.304 e. The third kappa shape index (κ3) is 5.74. The smallest absolute Gasteiger partial charge is 0.304 e. The zero-order valence-corrected chi connectivity index (χ0v) is 10.1. The van der Waals surface area contributed by atoms with E-state index in [0.717, 1.165) is 32.6 Å². The highest BCUT2D eigenvalue weighted by Gasteiger charge is 2.30. The molecule has 0 radical (unpaired) electrons.